The van der Waals surface area contributed by atoms with Crippen LogP contribution in [0.3, 0.4) is 0 Å². The highest BCUT2D eigenvalue weighted by Gasteiger charge is 2.30. The number of halogens is 3. The summed E-state index contributed by atoms with van der Waals surface area (Å²) in [4.78, 5) is 30.1. The van der Waals surface area contributed by atoms with Gasteiger partial charge in [-0.1, -0.05) is 18.2 Å². The molecule has 6 nitrogen and oxygen atoms in total. The number of aromatic amines is 1. The van der Waals surface area contributed by atoms with Crippen LogP contribution in [0.5, 0.6) is 0 Å². The molecule has 3 aromatic rings. The van der Waals surface area contributed by atoms with E-state index < -0.39 is 11.7 Å². The second-order valence-electron chi connectivity index (χ2n) is 7.80. The van der Waals surface area contributed by atoms with Gasteiger partial charge >= 0.3 is 6.18 Å². The number of nitrogens with zero attached hydrogens (tertiary/aromatic N) is 3. The van der Waals surface area contributed by atoms with Crippen LogP contribution < -0.4 is 5.56 Å². The third-order valence-corrected chi connectivity index (χ3v) is 5.59. The van der Waals surface area contributed by atoms with E-state index in [2.05, 4.69) is 10.2 Å². The number of carbonyl (C=O) groups excluding carboxylic acids is 1. The van der Waals surface area contributed by atoms with Crippen molar-refractivity contribution in [1.29, 1.82) is 0 Å². The quantitative estimate of drug-likeness (QED) is 0.667. The van der Waals surface area contributed by atoms with Gasteiger partial charge in [0.05, 0.1) is 5.56 Å². The Kier molecular flexibility index (Phi) is 6.07. The van der Waals surface area contributed by atoms with Crippen LogP contribution in [0, 0.1) is 0 Å². The zero-order chi connectivity index (χ0) is 22.7. The summed E-state index contributed by atoms with van der Waals surface area (Å²) in [6, 6.07) is 13.5. The summed E-state index contributed by atoms with van der Waals surface area (Å²) in [6.45, 7) is 1.10. The standard InChI is InChI=1S/C23H21F3N4O2/c24-23(25,26)17-6-4-15(5-7-17)14-18-2-1-3-19(27-18)16-10-12-30(13-11-16)22(32)20-8-9-21(31)29-28-20/h1-9,16H,10-14H2,(H,29,31). The average molecular weight is 442 g/mol. The highest BCUT2D eigenvalue weighted by molar-refractivity contribution is 5.92. The van der Waals surface area contributed by atoms with Crippen LogP contribution in [0.15, 0.2) is 59.4 Å². The SMILES string of the molecule is O=C(c1ccc(=O)[nH]n1)N1CCC(c2cccc(Cc3ccc(C(F)(F)F)cc3)n2)CC1. The Morgan fingerprint density at radius 2 is 1.75 bits per heavy atom. The molecule has 0 aliphatic carbocycles. The van der Waals surface area contributed by atoms with Crippen molar-refractivity contribution >= 4 is 5.91 Å². The van der Waals surface area contributed by atoms with Gasteiger partial charge in [0.25, 0.3) is 11.5 Å². The van der Waals surface area contributed by atoms with Gasteiger partial charge < -0.3 is 4.90 Å². The van der Waals surface area contributed by atoms with Crippen molar-refractivity contribution in [3.05, 3.63) is 93.2 Å². The topological polar surface area (TPSA) is 79.0 Å². The Morgan fingerprint density at radius 1 is 1.03 bits per heavy atom. The summed E-state index contributed by atoms with van der Waals surface area (Å²) in [5, 5.41) is 6.07. The van der Waals surface area contributed by atoms with Crippen molar-refractivity contribution in [3.63, 3.8) is 0 Å². The molecule has 0 atom stereocenters. The molecule has 1 aromatic carbocycles. The second-order valence-corrected chi connectivity index (χ2v) is 7.80. The molecule has 0 spiro atoms. The van der Waals surface area contributed by atoms with Gasteiger partial charge in [0.2, 0.25) is 0 Å². The maximum Gasteiger partial charge on any atom is 0.416 e. The lowest BCUT2D eigenvalue weighted by Crippen LogP contribution is -2.38. The second kappa shape index (κ2) is 8.94. The van der Waals surface area contributed by atoms with Crippen LogP contribution in [-0.4, -0.2) is 39.1 Å². The van der Waals surface area contributed by atoms with E-state index in [-0.39, 0.29) is 23.1 Å². The van der Waals surface area contributed by atoms with E-state index in [0.29, 0.717) is 19.5 Å². The molecule has 1 aliphatic rings. The first-order chi connectivity index (χ1) is 15.3. The normalized spacial score (nSPS) is 15.0. The minimum atomic E-state index is -4.35. The first kappa shape index (κ1) is 21.7. The summed E-state index contributed by atoms with van der Waals surface area (Å²) >= 11 is 0. The van der Waals surface area contributed by atoms with E-state index in [1.54, 1.807) is 4.90 Å². The molecule has 0 bridgehead atoms. The van der Waals surface area contributed by atoms with E-state index in [1.807, 2.05) is 18.2 Å². The Bertz CT molecular complexity index is 1130. The molecule has 4 rings (SSSR count). The summed E-state index contributed by atoms with van der Waals surface area (Å²) in [7, 11) is 0. The predicted molar refractivity (Wildman–Crippen MR) is 111 cm³/mol. The number of benzene rings is 1. The maximum absolute atomic E-state index is 12.7. The van der Waals surface area contributed by atoms with E-state index in [0.717, 1.165) is 41.9 Å². The van der Waals surface area contributed by atoms with E-state index in [9.17, 15) is 22.8 Å². The number of hydrogen-bond donors (Lipinski definition) is 1. The van der Waals surface area contributed by atoms with Crippen LogP contribution >= 0.6 is 0 Å². The van der Waals surface area contributed by atoms with Crippen molar-refractivity contribution in [2.24, 2.45) is 0 Å². The number of carbonyl (C=O) groups is 1. The summed E-state index contributed by atoms with van der Waals surface area (Å²) in [5.74, 6) is -0.0288. The Morgan fingerprint density at radius 3 is 2.38 bits per heavy atom. The molecule has 166 valence electrons. The Balaban J connectivity index is 1.38. The van der Waals surface area contributed by atoms with Crippen molar-refractivity contribution in [3.8, 4) is 0 Å². The minimum Gasteiger partial charge on any atom is -0.337 e. The highest BCUT2D eigenvalue weighted by Crippen LogP contribution is 2.30. The van der Waals surface area contributed by atoms with Gasteiger partial charge in [0.1, 0.15) is 5.69 Å². The first-order valence-electron chi connectivity index (χ1n) is 10.3. The molecule has 2 aromatic heterocycles. The third kappa shape index (κ3) is 5.04. The van der Waals surface area contributed by atoms with Crippen molar-refractivity contribution in [2.45, 2.75) is 31.4 Å². The van der Waals surface area contributed by atoms with Crippen LogP contribution in [0.2, 0.25) is 0 Å². The zero-order valence-corrected chi connectivity index (χ0v) is 17.1. The smallest absolute Gasteiger partial charge is 0.337 e. The number of pyridine rings is 1. The summed E-state index contributed by atoms with van der Waals surface area (Å²) < 4.78 is 38.2. The molecule has 32 heavy (non-hydrogen) atoms. The summed E-state index contributed by atoms with van der Waals surface area (Å²) in [6.07, 6.45) is -2.42. The van der Waals surface area contributed by atoms with Crippen molar-refractivity contribution < 1.29 is 18.0 Å². The van der Waals surface area contributed by atoms with Crippen molar-refractivity contribution in [1.82, 2.24) is 20.1 Å². The number of alkyl halides is 3. The van der Waals surface area contributed by atoms with Crippen LogP contribution in [0.25, 0.3) is 0 Å². The largest absolute Gasteiger partial charge is 0.416 e. The molecule has 0 unspecified atom stereocenters. The fourth-order valence-corrected chi connectivity index (χ4v) is 3.85. The minimum absolute atomic E-state index is 0.190. The molecule has 3 heterocycles. The molecule has 1 aliphatic heterocycles. The van der Waals surface area contributed by atoms with Gasteiger partial charge in [-0.05, 0) is 48.7 Å². The lowest BCUT2D eigenvalue weighted by Gasteiger charge is -2.31. The number of rotatable bonds is 4. The highest BCUT2D eigenvalue weighted by atomic mass is 19.4. The lowest BCUT2D eigenvalue weighted by molar-refractivity contribution is -0.137. The number of amides is 1. The number of H-pyrrole nitrogens is 1. The fraction of sp³-hybridized carbons (Fsp3) is 0.304. The van der Waals surface area contributed by atoms with Crippen LogP contribution in [0.1, 0.15) is 51.8 Å². The number of piperidine rings is 1. The Labute approximate surface area is 182 Å². The number of nitrogens with one attached hydrogen (secondary N) is 1. The maximum atomic E-state index is 12.7. The van der Waals surface area contributed by atoms with Gasteiger partial charge in [-0.15, -0.1) is 0 Å². The van der Waals surface area contributed by atoms with Gasteiger partial charge in [-0.25, -0.2) is 5.10 Å². The van der Waals surface area contributed by atoms with E-state index in [4.69, 9.17) is 4.98 Å². The van der Waals surface area contributed by atoms with Crippen LogP contribution in [-0.2, 0) is 12.6 Å². The molecule has 0 radical (unpaired) electrons. The third-order valence-electron chi connectivity index (χ3n) is 5.59. The molecule has 0 saturated carbocycles. The van der Waals surface area contributed by atoms with Gasteiger partial charge in [-0.2, -0.15) is 18.3 Å². The monoisotopic (exact) mass is 442 g/mol. The van der Waals surface area contributed by atoms with Gasteiger partial charge in [-0.3, -0.25) is 14.6 Å². The molecule has 1 N–H and O–H groups in total. The molecular weight excluding hydrogens is 421 g/mol. The predicted octanol–water partition coefficient (Wildman–Crippen LogP) is 3.79. The first-order valence-corrected chi connectivity index (χ1v) is 10.3. The zero-order valence-electron chi connectivity index (χ0n) is 17.1. The van der Waals surface area contributed by atoms with E-state index >= 15 is 0 Å². The van der Waals surface area contributed by atoms with E-state index in [1.165, 1.54) is 24.3 Å². The number of aromatic nitrogens is 3. The fourth-order valence-electron chi connectivity index (χ4n) is 3.85. The average Bonchev–Trinajstić information content (AvgIpc) is 2.79. The molecule has 1 fully saturated rings. The number of likely N-dealkylation sites (tertiary alicyclic amines) is 1. The molecule has 1 saturated heterocycles. The van der Waals surface area contributed by atoms with Gasteiger partial charge in [0.15, 0.2) is 0 Å². The molecule has 1 amide bonds. The number of hydrogen-bond acceptors (Lipinski definition) is 4. The van der Waals surface area contributed by atoms with Crippen molar-refractivity contribution in [2.75, 3.05) is 13.1 Å². The summed E-state index contributed by atoms with van der Waals surface area (Å²) in [5.41, 5.74) is 1.65. The van der Waals surface area contributed by atoms with Gasteiger partial charge in [0, 0.05) is 42.9 Å². The Hall–Kier alpha value is -3.49. The molecular formula is C23H21F3N4O2. The van der Waals surface area contributed by atoms with Crippen LogP contribution in [0.4, 0.5) is 13.2 Å². The lowest BCUT2D eigenvalue weighted by atomic mass is 9.92. The molecule has 9 heteroatoms.